The van der Waals surface area contributed by atoms with E-state index in [9.17, 15) is 0 Å². The highest BCUT2D eigenvalue weighted by Crippen LogP contribution is 2.44. The normalized spacial score (nSPS) is 12.1. The first-order valence-electron chi connectivity index (χ1n) is 19.7. The maximum atomic E-state index is 6.68. The Morgan fingerprint density at radius 2 is 0.915 bits per heavy atom. The molecule has 4 heterocycles. The van der Waals surface area contributed by atoms with Gasteiger partial charge in [-0.1, -0.05) is 115 Å². The number of aromatic nitrogens is 3. The maximum Gasteiger partial charge on any atom is 0.164 e. The van der Waals surface area contributed by atoms with E-state index in [1.165, 1.54) is 30.9 Å². The smallest absolute Gasteiger partial charge is 0.164 e. The van der Waals surface area contributed by atoms with Crippen molar-refractivity contribution in [3.63, 3.8) is 0 Å². The number of para-hydroxylation sites is 2. The zero-order valence-electron chi connectivity index (χ0n) is 31.3. The second-order valence-corrected chi connectivity index (χ2v) is 16.2. The van der Waals surface area contributed by atoms with Crippen LogP contribution in [0.3, 0.4) is 0 Å². The Labute approximate surface area is 340 Å². The molecule has 13 aromatic rings. The molecule has 0 atom stereocenters. The van der Waals surface area contributed by atoms with Crippen molar-refractivity contribution in [2.75, 3.05) is 0 Å². The van der Waals surface area contributed by atoms with Crippen LogP contribution in [0.2, 0.25) is 0 Å². The van der Waals surface area contributed by atoms with Crippen molar-refractivity contribution in [3.8, 4) is 45.3 Å². The van der Waals surface area contributed by atoms with Gasteiger partial charge in [0.15, 0.2) is 17.5 Å². The third kappa shape index (κ3) is 5.00. The average Bonchev–Trinajstić information content (AvgIpc) is 3.99. The van der Waals surface area contributed by atoms with Crippen LogP contribution in [0.15, 0.2) is 185 Å². The van der Waals surface area contributed by atoms with Crippen molar-refractivity contribution in [2.45, 2.75) is 0 Å². The summed E-state index contributed by atoms with van der Waals surface area (Å²) in [6.45, 7) is 0. The van der Waals surface area contributed by atoms with Gasteiger partial charge in [0.05, 0.1) is 0 Å². The molecule has 0 saturated carbocycles. The summed E-state index contributed by atoms with van der Waals surface area (Å²) >= 11 is 1.82. The van der Waals surface area contributed by atoms with Gasteiger partial charge in [-0.2, -0.15) is 0 Å². The van der Waals surface area contributed by atoms with Gasteiger partial charge in [0.2, 0.25) is 0 Å². The summed E-state index contributed by atoms with van der Waals surface area (Å²) < 4.78 is 15.4. The van der Waals surface area contributed by atoms with E-state index in [0.717, 1.165) is 82.5 Å². The molecule has 6 heteroatoms. The number of thiophene rings is 1. The molecule has 0 saturated heterocycles. The van der Waals surface area contributed by atoms with Gasteiger partial charge in [-0.15, -0.1) is 11.3 Å². The van der Waals surface area contributed by atoms with E-state index in [1.807, 2.05) is 53.8 Å². The molecule has 0 bridgehead atoms. The third-order valence-corrected chi connectivity index (χ3v) is 12.8. The minimum atomic E-state index is 0.570. The van der Waals surface area contributed by atoms with E-state index in [0.29, 0.717) is 17.5 Å². The largest absolute Gasteiger partial charge is 0.456 e. The lowest BCUT2D eigenvalue weighted by Crippen LogP contribution is -2.01. The predicted octanol–water partition coefficient (Wildman–Crippen LogP) is 15.0. The lowest BCUT2D eigenvalue weighted by molar-refractivity contribution is 0.668. The van der Waals surface area contributed by atoms with Crippen LogP contribution in [0.1, 0.15) is 0 Å². The highest BCUT2D eigenvalue weighted by molar-refractivity contribution is 7.25. The van der Waals surface area contributed by atoms with Crippen LogP contribution in [0.4, 0.5) is 0 Å². The standard InChI is InChI=1S/C53H29N3O2S/c1-2-11-35-30(10-1)20-21-31-22-23-32(26-40(31)35)51-54-52(33-24-25-45-41(27-33)37-12-3-6-16-43(37)57-45)56-53(55-51)42-28-34(29-46-49(42)38-13-4-7-17-44(38)58-46)36-15-9-19-48-50(36)39-14-5-8-18-47(39)59-48/h1-29H. The van der Waals surface area contributed by atoms with Crippen LogP contribution in [0.25, 0.3) is 131 Å². The number of furan rings is 2. The Bertz CT molecular complexity index is 3870. The van der Waals surface area contributed by atoms with Crippen molar-refractivity contribution < 1.29 is 8.83 Å². The van der Waals surface area contributed by atoms with Gasteiger partial charge in [-0.25, -0.2) is 15.0 Å². The predicted molar refractivity (Wildman–Crippen MR) is 244 cm³/mol. The summed E-state index contributed by atoms with van der Waals surface area (Å²) in [6.07, 6.45) is 0. The Balaban J connectivity index is 1.11. The van der Waals surface area contributed by atoms with Gasteiger partial charge in [-0.05, 0) is 93.3 Å². The minimum Gasteiger partial charge on any atom is -0.456 e. The van der Waals surface area contributed by atoms with Crippen molar-refractivity contribution in [1.29, 1.82) is 0 Å². The van der Waals surface area contributed by atoms with Crippen molar-refractivity contribution in [3.05, 3.63) is 176 Å². The summed E-state index contributed by atoms with van der Waals surface area (Å²) in [5, 5.41) is 11.2. The van der Waals surface area contributed by atoms with Crippen LogP contribution in [0.5, 0.6) is 0 Å². The molecule has 0 amide bonds. The fourth-order valence-corrected chi connectivity index (χ4v) is 10.1. The molecule has 0 fully saturated rings. The van der Waals surface area contributed by atoms with Gasteiger partial charge in [0.1, 0.15) is 22.3 Å². The molecule has 0 aliphatic heterocycles. The average molecular weight is 772 g/mol. The SMILES string of the molecule is c1ccc2c(c1)ccc1ccc(-c3nc(-c4ccc5oc6ccccc6c5c4)nc(-c4cc(-c5cccc6sc7ccccc7c56)cc5oc6ccccc6c45)n3)cc12. The van der Waals surface area contributed by atoms with Crippen molar-refractivity contribution >= 4 is 96.9 Å². The molecule has 0 N–H and O–H groups in total. The first-order chi connectivity index (χ1) is 29.2. The molecule has 5 nitrogen and oxygen atoms in total. The molecule has 0 unspecified atom stereocenters. The van der Waals surface area contributed by atoms with Crippen LogP contribution in [0, 0.1) is 0 Å². The van der Waals surface area contributed by atoms with Crippen LogP contribution >= 0.6 is 11.3 Å². The molecule has 0 spiro atoms. The molecule has 0 aliphatic carbocycles. The number of rotatable bonds is 4. The molecule has 4 aromatic heterocycles. The lowest BCUT2D eigenvalue weighted by atomic mass is 9.95. The third-order valence-electron chi connectivity index (χ3n) is 11.7. The van der Waals surface area contributed by atoms with Gasteiger partial charge < -0.3 is 8.83 Å². The quantitative estimate of drug-likeness (QED) is 0.167. The summed E-state index contributed by atoms with van der Waals surface area (Å²) in [5.74, 6) is 1.74. The van der Waals surface area contributed by atoms with Crippen LogP contribution < -0.4 is 0 Å². The summed E-state index contributed by atoms with van der Waals surface area (Å²) in [7, 11) is 0. The van der Waals surface area contributed by atoms with Gasteiger partial charge in [-0.3, -0.25) is 0 Å². The topological polar surface area (TPSA) is 65.0 Å². The van der Waals surface area contributed by atoms with Crippen molar-refractivity contribution in [2.24, 2.45) is 0 Å². The van der Waals surface area contributed by atoms with E-state index < -0.39 is 0 Å². The molecule has 9 aromatic carbocycles. The molecule has 13 rings (SSSR count). The van der Waals surface area contributed by atoms with E-state index >= 15 is 0 Å². The van der Waals surface area contributed by atoms with Crippen molar-refractivity contribution in [1.82, 2.24) is 15.0 Å². The Morgan fingerprint density at radius 3 is 1.76 bits per heavy atom. The van der Waals surface area contributed by atoms with Gasteiger partial charge >= 0.3 is 0 Å². The molecule has 59 heavy (non-hydrogen) atoms. The van der Waals surface area contributed by atoms with E-state index in [-0.39, 0.29) is 0 Å². The number of fused-ring (bicyclic) bond motifs is 12. The number of hydrogen-bond acceptors (Lipinski definition) is 6. The van der Waals surface area contributed by atoms with E-state index in [1.54, 1.807) is 0 Å². The second-order valence-electron chi connectivity index (χ2n) is 15.1. The fraction of sp³-hybridized carbons (Fsp3) is 0. The number of benzene rings is 9. The fourth-order valence-electron chi connectivity index (χ4n) is 8.96. The Morgan fingerprint density at radius 1 is 0.322 bits per heavy atom. The first-order valence-corrected chi connectivity index (χ1v) is 20.5. The van der Waals surface area contributed by atoms with Gasteiger partial charge in [0.25, 0.3) is 0 Å². The maximum absolute atomic E-state index is 6.68. The molecule has 274 valence electrons. The highest BCUT2D eigenvalue weighted by Gasteiger charge is 2.22. The molecular formula is C53H29N3O2S. The molecule has 0 aliphatic rings. The summed E-state index contributed by atoms with van der Waals surface area (Å²) in [4.78, 5) is 16.0. The summed E-state index contributed by atoms with van der Waals surface area (Å²) in [6, 6.07) is 61.6. The molecular weight excluding hydrogens is 743 g/mol. The zero-order chi connectivity index (χ0) is 38.6. The Hall–Kier alpha value is -7.67. The lowest BCUT2D eigenvalue weighted by Gasteiger charge is -2.12. The first kappa shape index (κ1) is 32.4. The monoisotopic (exact) mass is 771 g/mol. The van der Waals surface area contributed by atoms with Crippen LogP contribution in [-0.2, 0) is 0 Å². The number of hydrogen-bond donors (Lipinski definition) is 0. The Kier molecular flexibility index (Phi) is 6.82. The van der Waals surface area contributed by atoms with Crippen LogP contribution in [-0.4, -0.2) is 15.0 Å². The summed E-state index contributed by atoms with van der Waals surface area (Å²) in [5.41, 5.74) is 8.09. The second kappa shape index (κ2) is 12.4. The number of nitrogens with zero attached hydrogens (tertiary/aromatic N) is 3. The molecule has 0 radical (unpaired) electrons. The van der Waals surface area contributed by atoms with E-state index in [4.69, 9.17) is 23.8 Å². The minimum absolute atomic E-state index is 0.570. The van der Waals surface area contributed by atoms with Gasteiger partial charge in [0, 0.05) is 58.4 Å². The zero-order valence-corrected chi connectivity index (χ0v) is 32.1. The van der Waals surface area contributed by atoms with E-state index in [2.05, 4.69) is 133 Å². The highest BCUT2D eigenvalue weighted by atomic mass is 32.1.